The van der Waals surface area contributed by atoms with Gasteiger partial charge in [0.1, 0.15) is 5.75 Å². The number of halogens is 2. The zero-order valence-corrected chi connectivity index (χ0v) is 12.4. The maximum absolute atomic E-state index is 12.2. The number of methoxy groups -OCH3 is 1. The van der Waals surface area contributed by atoms with Gasteiger partial charge in [-0.15, -0.1) is 11.6 Å². The molecule has 1 amide bonds. The number of benzene rings is 1. The Hall–Kier alpha value is -0.930. The molecule has 1 unspecified atom stereocenters. The van der Waals surface area contributed by atoms with Crippen LogP contribution >= 0.6 is 23.2 Å². The highest BCUT2D eigenvalue weighted by Gasteiger charge is 2.27. The van der Waals surface area contributed by atoms with E-state index in [-0.39, 0.29) is 11.3 Å². The molecule has 0 aliphatic rings. The summed E-state index contributed by atoms with van der Waals surface area (Å²) in [5.41, 5.74) is -0.123. The summed E-state index contributed by atoms with van der Waals surface area (Å²) >= 11 is 11.9. The van der Waals surface area contributed by atoms with Gasteiger partial charge in [0.2, 0.25) is 0 Å². The summed E-state index contributed by atoms with van der Waals surface area (Å²) in [6.45, 7) is 5.55. The second kappa shape index (κ2) is 5.81. The molecule has 0 aliphatic carbocycles. The van der Waals surface area contributed by atoms with E-state index in [1.165, 1.54) is 7.11 Å². The van der Waals surface area contributed by atoms with Gasteiger partial charge in [-0.1, -0.05) is 11.6 Å². The standard InChI is InChI=1S/C13H17Cl2NO2/c1-8(14)13(2,3)16-12(17)10-7-9(15)5-6-11(10)18-4/h5-8H,1-4H3,(H,16,17). The van der Waals surface area contributed by atoms with Crippen LogP contribution in [0.1, 0.15) is 31.1 Å². The molecule has 0 bridgehead atoms. The minimum atomic E-state index is -0.522. The van der Waals surface area contributed by atoms with Gasteiger partial charge >= 0.3 is 0 Å². The summed E-state index contributed by atoms with van der Waals surface area (Å²) < 4.78 is 5.14. The number of carbonyl (C=O) groups is 1. The molecule has 0 heterocycles. The lowest BCUT2D eigenvalue weighted by molar-refractivity contribution is 0.0909. The summed E-state index contributed by atoms with van der Waals surface area (Å²) in [5.74, 6) is 0.224. The van der Waals surface area contributed by atoms with Crippen molar-refractivity contribution in [2.75, 3.05) is 7.11 Å². The van der Waals surface area contributed by atoms with Crippen LogP contribution in [0.2, 0.25) is 5.02 Å². The average molecular weight is 290 g/mol. The molecule has 0 aliphatic heterocycles. The molecule has 1 rings (SSSR count). The molecule has 1 aromatic rings. The molecule has 0 saturated carbocycles. The first-order valence-electron chi connectivity index (χ1n) is 5.58. The lowest BCUT2D eigenvalue weighted by atomic mass is 10.0. The van der Waals surface area contributed by atoms with Gasteiger partial charge in [-0.2, -0.15) is 0 Å². The van der Waals surface area contributed by atoms with E-state index in [4.69, 9.17) is 27.9 Å². The number of carbonyl (C=O) groups excluding carboxylic acids is 1. The minimum absolute atomic E-state index is 0.202. The smallest absolute Gasteiger partial charge is 0.255 e. The van der Waals surface area contributed by atoms with Crippen molar-refractivity contribution in [2.24, 2.45) is 0 Å². The Balaban J connectivity index is 3.01. The largest absolute Gasteiger partial charge is 0.496 e. The zero-order chi connectivity index (χ0) is 13.9. The van der Waals surface area contributed by atoms with Gasteiger partial charge in [-0.3, -0.25) is 4.79 Å². The van der Waals surface area contributed by atoms with E-state index in [2.05, 4.69) is 5.32 Å². The molecule has 0 radical (unpaired) electrons. The van der Waals surface area contributed by atoms with E-state index in [1.807, 2.05) is 20.8 Å². The van der Waals surface area contributed by atoms with Crippen LogP contribution < -0.4 is 10.1 Å². The summed E-state index contributed by atoms with van der Waals surface area (Å²) in [6.07, 6.45) is 0. The van der Waals surface area contributed by atoms with Crippen LogP contribution in [-0.2, 0) is 0 Å². The molecule has 18 heavy (non-hydrogen) atoms. The molecular formula is C13H17Cl2NO2. The molecule has 0 aromatic heterocycles. The SMILES string of the molecule is COc1ccc(Cl)cc1C(=O)NC(C)(C)C(C)Cl. The first-order valence-corrected chi connectivity index (χ1v) is 6.39. The molecule has 1 N–H and O–H groups in total. The van der Waals surface area contributed by atoms with Crippen molar-refractivity contribution in [2.45, 2.75) is 31.7 Å². The second-order valence-corrected chi connectivity index (χ2v) is 5.73. The van der Waals surface area contributed by atoms with E-state index < -0.39 is 5.54 Å². The molecular weight excluding hydrogens is 273 g/mol. The predicted molar refractivity (Wildman–Crippen MR) is 74.9 cm³/mol. The average Bonchev–Trinajstić information content (AvgIpc) is 2.28. The lowest BCUT2D eigenvalue weighted by Crippen LogP contribution is -2.49. The molecule has 0 spiro atoms. The third-order valence-electron chi connectivity index (χ3n) is 2.84. The second-order valence-electron chi connectivity index (χ2n) is 4.64. The lowest BCUT2D eigenvalue weighted by Gasteiger charge is -2.29. The summed E-state index contributed by atoms with van der Waals surface area (Å²) in [5, 5.41) is 3.15. The minimum Gasteiger partial charge on any atom is -0.496 e. The van der Waals surface area contributed by atoms with Crippen LogP contribution in [0, 0.1) is 0 Å². The van der Waals surface area contributed by atoms with Crippen LogP contribution in [0.3, 0.4) is 0 Å². The Kier molecular flexibility index (Phi) is 4.88. The number of nitrogens with one attached hydrogen (secondary N) is 1. The van der Waals surface area contributed by atoms with E-state index in [0.717, 1.165) is 0 Å². The van der Waals surface area contributed by atoms with Crippen molar-refractivity contribution >= 4 is 29.1 Å². The quantitative estimate of drug-likeness (QED) is 0.862. The zero-order valence-electron chi connectivity index (χ0n) is 10.9. The van der Waals surface area contributed by atoms with E-state index in [0.29, 0.717) is 16.3 Å². The molecule has 0 fully saturated rings. The molecule has 0 saturated heterocycles. The van der Waals surface area contributed by atoms with Gasteiger partial charge < -0.3 is 10.1 Å². The monoisotopic (exact) mass is 289 g/mol. The molecule has 1 atom stereocenters. The molecule has 100 valence electrons. The topological polar surface area (TPSA) is 38.3 Å². The van der Waals surface area contributed by atoms with Gasteiger partial charge in [-0.25, -0.2) is 0 Å². The van der Waals surface area contributed by atoms with E-state index in [9.17, 15) is 4.79 Å². The Morgan fingerprint density at radius 2 is 2.06 bits per heavy atom. The number of amides is 1. The first-order chi connectivity index (χ1) is 8.27. The van der Waals surface area contributed by atoms with Gasteiger partial charge in [0.25, 0.3) is 5.91 Å². The molecule has 3 nitrogen and oxygen atoms in total. The van der Waals surface area contributed by atoms with Crippen LogP contribution in [0.15, 0.2) is 18.2 Å². The van der Waals surface area contributed by atoms with Crippen molar-refractivity contribution < 1.29 is 9.53 Å². The number of rotatable bonds is 4. The Morgan fingerprint density at radius 3 is 2.56 bits per heavy atom. The highest BCUT2D eigenvalue weighted by Crippen LogP contribution is 2.24. The van der Waals surface area contributed by atoms with Crippen LogP contribution in [0.25, 0.3) is 0 Å². The first kappa shape index (κ1) is 15.1. The summed E-state index contributed by atoms with van der Waals surface area (Å²) in [6, 6.07) is 4.91. The maximum atomic E-state index is 12.2. The van der Waals surface area contributed by atoms with Gasteiger partial charge in [0, 0.05) is 5.02 Å². The van der Waals surface area contributed by atoms with Crippen LogP contribution in [0.4, 0.5) is 0 Å². The number of alkyl halides is 1. The third kappa shape index (κ3) is 3.53. The Morgan fingerprint density at radius 1 is 1.44 bits per heavy atom. The van der Waals surface area contributed by atoms with Crippen molar-refractivity contribution in [1.29, 1.82) is 0 Å². The fourth-order valence-electron chi connectivity index (χ4n) is 1.32. The highest BCUT2D eigenvalue weighted by molar-refractivity contribution is 6.31. The van der Waals surface area contributed by atoms with Crippen molar-refractivity contribution in [3.8, 4) is 5.75 Å². The molecule has 1 aromatic carbocycles. The normalized spacial score (nSPS) is 13.0. The maximum Gasteiger partial charge on any atom is 0.255 e. The van der Waals surface area contributed by atoms with E-state index >= 15 is 0 Å². The van der Waals surface area contributed by atoms with Crippen molar-refractivity contribution in [3.63, 3.8) is 0 Å². The van der Waals surface area contributed by atoms with Gasteiger partial charge in [0.15, 0.2) is 0 Å². The van der Waals surface area contributed by atoms with Crippen LogP contribution in [0.5, 0.6) is 5.75 Å². The number of ether oxygens (including phenoxy) is 1. The van der Waals surface area contributed by atoms with Gasteiger partial charge in [-0.05, 0) is 39.0 Å². The predicted octanol–water partition coefficient (Wildman–Crippen LogP) is 3.48. The number of hydrogen-bond donors (Lipinski definition) is 1. The number of hydrogen-bond acceptors (Lipinski definition) is 2. The van der Waals surface area contributed by atoms with E-state index in [1.54, 1.807) is 18.2 Å². The van der Waals surface area contributed by atoms with Crippen molar-refractivity contribution in [3.05, 3.63) is 28.8 Å². The fraction of sp³-hybridized carbons (Fsp3) is 0.462. The molecule has 5 heteroatoms. The third-order valence-corrected chi connectivity index (χ3v) is 3.62. The highest BCUT2D eigenvalue weighted by atomic mass is 35.5. The van der Waals surface area contributed by atoms with Crippen molar-refractivity contribution in [1.82, 2.24) is 5.32 Å². The summed E-state index contributed by atoms with van der Waals surface area (Å²) in [4.78, 5) is 12.2. The van der Waals surface area contributed by atoms with Crippen LogP contribution in [-0.4, -0.2) is 23.9 Å². The Bertz CT molecular complexity index is 445. The fourth-order valence-corrected chi connectivity index (χ4v) is 1.54. The Labute approximate surface area is 117 Å². The van der Waals surface area contributed by atoms with Gasteiger partial charge in [0.05, 0.1) is 23.6 Å². The summed E-state index contributed by atoms with van der Waals surface area (Å²) in [7, 11) is 1.51.